The Bertz CT molecular complexity index is 610. The first-order valence-electron chi connectivity index (χ1n) is 5.90. The Hall–Kier alpha value is -0.630. The van der Waals surface area contributed by atoms with Crippen molar-refractivity contribution in [1.29, 1.82) is 0 Å². The van der Waals surface area contributed by atoms with Crippen LogP contribution in [0, 0.1) is 0 Å². The summed E-state index contributed by atoms with van der Waals surface area (Å²) in [5.74, 6) is -0.608. The Morgan fingerprint density at radius 1 is 1.45 bits per heavy atom. The summed E-state index contributed by atoms with van der Waals surface area (Å²) >= 11 is 3.14. The maximum absolute atomic E-state index is 11.9. The first kappa shape index (κ1) is 15.8. The van der Waals surface area contributed by atoms with Crippen molar-refractivity contribution < 1.29 is 22.7 Å². The zero-order valence-electron chi connectivity index (χ0n) is 10.3. The molecule has 1 fully saturated rings. The van der Waals surface area contributed by atoms with E-state index in [9.17, 15) is 13.2 Å². The Morgan fingerprint density at radius 2 is 2.20 bits per heavy atom. The van der Waals surface area contributed by atoms with Crippen molar-refractivity contribution in [2.24, 2.45) is 0 Å². The molecule has 0 spiro atoms. The van der Waals surface area contributed by atoms with E-state index >= 15 is 0 Å². The van der Waals surface area contributed by atoms with Crippen molar-refractivity contribution in [2.75, 3.05) is 13.2 Å². The van der Waals surface area contributed by atoms with Gasteiger partial charge in [-0.15, -0.1) is 0 Å². The predicted octanol–water partition coefficient (Wildman–Crippen LogP) is 2.71. The third-order valence-corrected chi connectivity index (χ3v) is 4.60. The first-order chi connectivity index (χ1) is 9.36. The molecule has 1 unspecified atom stereocenters. The molecule has 1 aliphatic heterocycles. The van der Waals surface area contributed by atoms with Gasteiger partial charge in [-0.2, -0.15) is 0 Å². The number of benzene rings is 1. The van der Waals surface area contributed by atoms with E-state index in [0.717, 1.165) is 12.8 Å². The number of rotatable bonds is 4. The van der Waals surface area contributed by atoms with E-state index in [1.807, 2.05) is 0 Å². The Balaban J connectivity index is 2.11. The van der Waals surface area contributed by atoms with Crippen LogP contribution in [0.4, 0.5) is 0 Å². The van der Waals surface area contributed by atoms with Gasteiger partial charge in [0, 0.05) is 21.8 Å². The maximum atomic E-state index is 11.9. The highest BCUT2D eigenvalue weighted by atomic mass is 79.9. The van der Waals surface area contributed by atoms with Crippen molar-refractivity contribution in [3.8, 4) is 0 Å². The third kappa shape index (κ3) is 4.18. The lowest BCUT2D eigenvalue weighted by Crippen LogP contribution is -2.18. The predicted molar refractivity (Wildman–Crippen MR) is 76.4 cm³/mol. The molecule has 0 amide bonds. The molecule has 1 atom stereocenters. The fourth-order valence-corrected chi connectivity index (χ4v) is 3.30. The lowest BCUT2D eigenvalue weighted by atomic mass is 10.2. The molecule has 1 aliphatic rings. The smallest absolute Gasteiger partial charge is 0.338 e. The van der Waals surface area contributed by atoms with Gasteiger partial charge in [-0.3, -0.25) is 0 Å². The standard InChI is InChI=1S/C12H12BrClO5S/c13-9-4-8(5-11(6-9)20(14,16)17)12(15)19-7-10-2-1-3-18-10/h4-6,10H,1-3,7H2. The van der Waals surface area contributed by atoms with E-state index in [2.05, 4.69) is 15.9 Å². The number of carbonyl (C=O) groups is 1. The van der Waals surface area contributed by atoms with Gasteiger partial charge in [-0.05, 0) is 31.0 Å². The fraction of sp³-hybridized carbons (Fsp3) is 0.417. The minimum absolute atomic E-state index is 0.0812. The Kier molecular flexibility index (Phi) is 5.06. The molecule has 0 saturated carbocycles. The molecule has 0 aliphatic carbocycles. The van der Waals surface area contributed by atoms with Gasteiger partial charge in [0.25, 0.3) is 9.05 Å². The summed E-state index contributed by atoms with van der Waals surface area (Å²) < 4.78 is 33.5. The highest BCUT2D eigenvalue weighted by molar-refractivity contribution is 9.10. The number of ether oxygens (including phenoxy) is 2. The lowest BCUT2D eigenvalue weighted by molar-refractivity contribution is 0.0161. The summed E-state index contributed by atoms with van der Waals surface area (Å²) in [5, 5.41) is 0. The van der Waals surface area contributed by atoms with E-state index in [0.29, 0.717) is 11.1 Å². The van der Waals surface area contributed by atoms with E-state index in [-0.39, 0.29) is 23.2 Å². The average Bonchev–Trinajstić information content (AvgIpc) is 2.87. The second-order valence-electron chi connectivity index (χ2n) is 4.35. The molecular weight excluding hydrogens is 372 g/mol. The molecule has 0 aromatic heterocycles. The van der Waals surface area contributed by atoms with Gasteiger partial charge < -0.3 is 9.47 Å². The van der Waals surface area contributed by atoms with Gasteiger partial charge in [0.2, 0.25) is 0 Å². The van der Waals surface area contributed by atoms with Crippen LogP contribution in [0.1, 0.15) is 23.2 Å². The van der Waals surface area contributed by atoms with Gasteiger partial charge in [0.05, 0.1) is 16.6 Å². The molecule has 2 rings (SSSR count). The van der Waals surface area contributed by atoms with E-state index in [1.54, 1.807) is 0 Å². The van der Waals surface area contributed by atoms with Crippen molar-refractivity contribution >= 4 is 41.6 Å². The van der Waals surface area contributed by atoms with Gasteiger partial charge in [-0.25, -0.2) is 13.2 Å². The average molecular weight is 384 g/mol. The zero-order chi connectivity index (χ0) is 14.8. The molecule has 1 aromatic carbocycles. The van der Waals surface area contributed by atoms with Gasteiger partial charge in [0.15, 0.2) is 0 Å². The summed E-state index contributed by atoms with van der Waals surface area (Å²) in [6.45, 7) is 0.835. The van der Waals surface area contributed by atoms with Crippen molar-refractivity contribution in [1.82, 2.24) is 0 Å². The van der Waals surface area contributed by atoms with Crippen LogP contribution in [-0.2, 0) is 18.5 Å². The Morgan fingerprint density at radius 3 is 2.80 bits per heavy atom. The first-order valence-corrected chi connectivity index (χ1v) is 9.00. The number of esters is 1. The summed E-state index contributed by atoms with van der Waals surface area (Å²) in [7, 11) is 1.36. The molecule has 110 valence electrons. The van der Waals surface area contributed by atoms with Crippen molar-refractivity contribution in [3.05, 3.63) is 28.2 Å². The highest BCUT2D eigenvalue weighted by Gasteiger charge is 2.20. The largest absolute Gasteiger partial charge is 0.459 e. The molecule has 8 heteroatoms. The fourth-order valence-electron chi connectivity index (χ4n) is 1.85. The number of halogens is 2. The summed E-state index contributed by atoms with van der Waals surface area (Å²) in [4.78, 5) is 11.7. The molecule has 20 heavy (non-hydrogen) atoms. The van der Waals surface area contributed by atoms with E-state index in [1.165, 1.54) is 18.2 Å². The molecule has 0 bridgehead atoms. The van der Waals surface area contributed by atoms with Crippen LogP contribution in [0.25, 0.3) is 0 Å². The monoisotopic (exact) mass is 382 g/mol. The zero-order valence-corrected chi connectivity index (χ0v) is 13.5. The molecule has 1 aromatic rings. The van der Waals surface area contributed by atoms with Crippen LogP contribution in [0.5, 0.6) is 0 Å². The topological polar surface area (TPSA) is 69.7 Å². The summed E-state index contributed by atoms with van der Waals surface area (Å²) in [6, 6.07) is 3.98. The van der Waals surface area contributed by atoms with Crippen LogP contribution < -0.4 is 0 Å². The van der Waals surface area contributed by atoms with Gasteiger partial charge in [-0.1, -0.05) is 15.9 Å². The molecular formula is C12H12BrClO5S. The van der Waals surface area contributed by atoms with Crippen LogP contribution >= 0.6 is 26.6 Å². The number of carbonyl (C=O) groups excluding carboxylic acids is 1. The molecule has 1 heterocycles. The van der Waals surface area contributed by atoms with Crippen LogP contribution in [0.2, 0.25) is 0 Å². The van der Waals surface area contributed by atoms with Gasteiger partial charge in [0.1, 0.15) is 6.61 Å². The second kappa shape index (κ2) is 6.43. The molecule has 0 radical (unpaired) electrons. The number of hydrogen-bond donors (Lipinski definition) is 0. The minimum atomic E-state index is -3.90. The van der Waals surface area contributed by atoms with Gasteiger partial charge >= 0.3 is 5.97 Å². The Labute approximate surface area is 129 Å². The minimum Gasteiger partial charge on any atom is -0.459 e. The second-order valence-corrected chi connectivity index (χ2v) is 7.83. The quantitative estimate of drug-likeness (QED) is 0.590. The van der Waals surface area contributed by atoms with E-state index in [4.69, 9.17) is 20.2 Å². The van der Waals surface area contributed by atoms with Crippen molar-refractivity contribution in [2.45, 2.75) is 23.8 Å². The van der Waals surface area contributed by atoms with Crippen LogP contribution in [0.15, 0.2) is 27.6 Å². The number of hydrogen-bond acceptors (Lipinski definition) is 5. The maximum Gasteiger partial charge on any atom is 0.338 e. The van der Waals surface area contributed by atoms with Crippen molar-refractivity contribution in [3.63, 3.8) is 0 Å². The highest BCUT2D eigenvalue weighted by Crippen LogP contribution is 2.23. The lowest BCUT2D eigenvalue weighted by Gasteiger charge is -2.10. The third-order valence-electron chi connectivity index (χ3n) is 2.81. The molecule has 5 nitrogen and oxygen atoms in total. The summed E-state index contributed by atoms with van der Waals surface area (Å²) in [5.41, 5.74) is 0.122. The normalized spacial score (nSPS) is 19.0. The SMILES string of the molecule is O=C(OCC1CCCO1)c1cc(Br)cc(S(=O)(=O)Cl)c1. The molecule has 1 saturated heterocycles. The van der Waals surface area contributed by atoms with Crippen LogP contribution in [-0.4, -0.2) is 33.7 Å². The van der Waals surface area contributed by atoms with Crippen LogP contribution in [0.3, 0.4) is 0 Å². The summed E-state index contributed by atoms with van der Waals surface area (Å²) in [6.07, 6.45) is 1.73. The molecule has 0 N–H and O–H groups in total. The van der Waals surface area contributed by atoms with E-state index < -0.39 is 15.0 Å².